The van der Waals surface area contributed by atoms with Crippen LogP contribution in [0.3, 0.4) is 0 Å². The molecule has 2 fully saturated rings. The lowest BCUT2D eigenvalue weighted by atomic mass is 9.90. The van der Waals surface area contributed by atoms with Gasteiger partial charge in [0, 0.05) is 12.5 Å². The zero-order chi connectivity index (χ0) is 19.2. The van der Waals surface area contributed by atoms with E-state index in [2.05, 4.69) is 11.9 Å². The maximum Gasteiger partial charge on any atom is 0.278 e. The number of aromatic amines is 1. The van der Waals surface area contributed by atoms with Gasteiger partial charge in [-0.25, -0.2) is 8.78 Å². The second-order valence-corrected chi connectivity index (χ2v) is 8.49. The van der Waals surface area contributed by atoms with Crippen molar-refractivity contribution < 1.29 is 13.5 Å². The number of alkyl halides is 2. The maximum atomic E-state index is 14.8. The highest BCUT2D eigenvalue weighted by Gasteiger charge is 2.58. The highest BCUT2D eigenvalue weighted by atomic mass is 19.3. The Morgan fingerprint density at radius 2 is 2.15 bits per heavy atom. The summed E-state index contributed by atoms with van der Waals surface area (Å²) in [5.74, 6) is -1.18. The molecule has 2 unspecified atom stereocenters. The SMILES string of the molecule is COc1ccc2cc(C(F)(F)CCCC3C[C@@]34CCCC4C)c(=O)[nH]c2c1. The third-order valence-corrected chi connectivity index (χ3v) is 7.03. The third-order valence-electron chi connectivity index (χ3n) is 7.03. The van der Waals surface area contributed by atoms with E-state index in [1.807, 2.05) is 0 Å². The first-order valence-electron chi connectivity index (χ1n) is 9.95. The summed E-state index contributed by atoms with van der Waals surface area (Å²) < 4.78 is 34.6. The van der Waals surface area contributed by atoms with Gasteiger partial charge in [-0.3, -0.25) is 4.79 Å². The average Bonchev–Trinajstić information content (AvgIpc) is 3.21. The predicted molar refractivity (Wildman–Crippen MR) is 102 cm³/mol. The fraction of sp³-hybridized carbons (Fsp3) is 0.591. The molecule has 0 saturated heterocycles. The van der Waals surface area contributed by atoms with Crippen LogP contribution in [0, 0.1) is 17.3 Å². The number of nitrogens with one attached hydrogen (secondary N) is 1. The Morgan fingerprint density at radius 1 is 1.33 bits per heavy atom. The van der Waals surface area contributed by atoms with E-state index in [1.54, 1.807) is 18.2 Å². The number of hydrogen-bond acceptors (Lipinski definition) is 2. The lowest BCUT2D eigenvalue weighted by molar-refractivity contribution is -0.0175. The Bertz CT molecular complexity index is 907. The standard InChI is InChI=1S/C22H27F2NO2/c1-14-5-3-9-21(14)13-16(21)6-4-10-22(23,24)18-11-15-7-8-17(27-2)12-19(15)25-20(18)26/h7-8,11-12,14,16H,3-6,9-10,13H2,1-2H3,(H,25,26)/t14?,16?,21-/m1/s1. The van der Waals surface area contributed by atoms with Crippen LogP contribution in [0.1, 0.15) is 57.4 Å². The Kier molecular flexibility index (Phi) is 4.52. The van der Waals surface area contributed by atoms with Crippen LogP contribution in [0.4, 0.5) is 8.78 Å². The first-order valence-corrected chi connectivity index (χ1v) is 9.95. The summed E-state index contributed by atoms with van der Waals surface area (Å²) in [5.41, 5.74) is -0.184. The van der Waals surface area contributed by atoms with Crippen LogP contribution in [0.2, 0.25) is 0 Å². The van der Waals surface area contributed by atoms with Gasteiger partial charge >= 0.3 is 0 Å². The molecular formula is C22H27F2NO2. The van der Waals surface area contributed by atoms with Crippen LogP contribution >= 0.6 is 0 Å². The third kappa shape index (κ3) is 3.26. The Hall–Kier alpha value is -1.91. The molecule has 1 aromatic heterocycles. The molecule has 2 aromatic rings. The fourth-order valence-electron chi connectivity index (χ4n) is 5.25. The van der Waals surface area contributed by atoms with Crippen molar-refractivity contribution in [1.82, 2.24) is 4.98 Å². The van der Waals surface area contributed by atoms with Crippen LogP contribution in [0.15, 0.2) is 29.1 Å². The van der Waals surface area contributed by atoms with Gasteiger partial charge in [0.25, 0.3) is 11.5 Å². The lowest BCUT2D eigenvalue weighted by Gasteiger charge is -2.18. The number of halogens is 2. The summed E-state index contributed by atoms with van der Waals surface area (Å²) in [6.07, 6.45) is 6.09. The topological polar surface area (TPSA) is 42.1 Å². The first-order chi connectivity index (χ1) is 12.9. The van der Waals surface area contributed by atoms with Crippen LogP contribution in [-0.2, 0) is 5.92 Å². The quantitative estimate of drug-likeness (QED) is 0.711. The molecule has 0 radical (unpaired) electrons. The van der Waals surface area contributed by atoms with Gasteiger partial charge in [-0.05, 0) is 66.5 Å². The molecule has 2 aliphatic rings. The van der Waals surface area contributed by atoms with Crippen LogP contribution in [0.5, 0.6) is 5.75 Å². The zero-order valence-corrected chi connectivity index (χ0v) is 16.0. The van der Waals surface area contributed by atoms with Crippen molar-refractivity contribution in [2.24, 2.45) is 17.3 Å². The van der Waals surface area contributed by atoms with Gasteiger partial charge in [-0.1, -0.05) is 19.8 Å². The van der Waals surface area contributed by atoms with Crippen molar-refractivity contribution in [2.45, 2.75) is 57.8 Å². The van der Waals surface area contributed by atoms with E-state index >= 15 is 0 Å². The van der Waals surface area contributed by atoms with Crippen molar-refractivity contribution >= 4 is 10.9 Å². The molecule has 1 N–H and O–H groups in total. The van der Waals surface area contributed by atoms with Crippen molar-refractivity contribution in [3.05, 3.63) is 40.2 Å². The van der Waals surface area contributed by atoms with Crippen molar-refractivity contribution in [3.63, 3.8) is 0 Å². The molecule has 2 aliphatic carbocycles. The van der Waals surface area contributed by atoms with Crippen molar-refractivity contribution in [2.75, 3.05) is 7.11 Å². The molecule has 146 valence electrons. The van der Waals surface area contributed by atoms with Crippen molar-refractivity contribution in [1.29, 1.82) is 0 Å². The lowest BCUT2D eigenvalue weighted by Crippen LogP contribution is -2.25. The normalized spacial score (nSPS) is 27.4. The summed E-state index contributed by atoms with van der Waals surface area (Å²) in [4.78, 5) is 14.8. The number of fused-ring (bicyclic) bond motifs is 1. The molecule has 3 atom stereocenters. The van der Waals surface area contributed by atoms with Crippen LogP contribution in [0.25, 0.3) is 10.9 Å². The van der Waals surface area contributed by atoms with Gasteiger partial charge in [0.05, 0.1) is 18.2 Å². The van der Waals surface area contributed by atoms with Gasteiger partial charge in [0.15, 0.2) is 0 Å². The summed E-state index contributed by atoms with van der Waals surface area (Å²) in [6, 6.07) is 6.37. The second kappa shape index (κ2) is 6.61. The Morgan fingerprint density at radius 3 is 2.85 bits per heavy atom. The minimum absolute atomic E-state index is 0.265. The number of H-pyrrole nitrogens is 1. The van der Waals surface area contributed by atoms with Crippen molar-refractivity contribution in [3.8, 4) is 5.75 Å². The van der Waals surface area contributed by atoms with E-state index in [1.165, 1.54) is 38.9 Å². The summed E-state index contributed by atoms with van der Waals surface area (Å²) in [5, 5.41) is 0.589. The molecule has 27 heavy (non-hydrogen) atoms. The average molecular weight is 375 g/mol. The maximum absolute atomic E-state index is 14.8. The molecule has 3 nitrogen and oxygen atoms in total. The number of hydrogen-bond donors (Lipinski definition) is 1. The summed E-state index contributed by atoms with van der Waals surface area (Å²) >= 11 is 0. The summed E-state index contributed by atoms with van der Waals surface area (Å²) in [6.45, 7) is 2.31. The first kappa shape index (κ1) is 18.5. The Labute approximate surface area is 158 Å². The van der Waals surface area contributed by atoms with E-state index < -0.39 is 17.0 Å². The predicted octanol–water partition coefficient (Wildman–Crippen LogP) is 5.63. The number of rotatable bonds is 6. The molecule has 1 aromatic carbocycles. The number of methoxy groups -OCH3 is 1. The fourth-order valence-corrected chi connectivity index (χ4v) is 5.25. The molecule has 2 saturated carbocycles. The van der Waals surface area contributed by atoms with E-state index in [4.69, 9.17) is 4.74 Å². The second-order valence-electron chi connectivity index (χ2n) is 8.49. The number of benzene rings is 1. The van der Waals surface area contributed by atoms with Crippen LogP contribution < -0.4 is 10.3 Å². The molecule has 4 rings (SSSR count). The largest absolute Gasteiger partial charge is 0.497 e. The van der Waals surface area contributed by atoms with Gasteiger partial charge in [-0.15, -0.1) is 0 Å². The molecule has 1 heterocycles. The zero-order valence-electron chi connectivity index (χ0n) is 16.0. The number of aromatic nitrogens is 1. The molecule has 0 aliphatic heterocycles. The molecule has 5 heteroatoms. The monoisotopic (exact) mass is 375 g/mol. The smallest absolute Gasteiger partial charge is 0.278 e. The summed E-state index contributed by atoms with van der Waals surface area (Å²) in [7, 11) is 1.53. The van der Waals surface area contributed by atoms with Gasteiger partial charge in [-0.2, -0.15) is 0 Å². The van der Waals surface area contributed by atoms with E-state index in [9.17, 15) is 13.6 Å². The number of ether oxygens (including phenoxy) is 1. The highest BCUT2D eigenvalue weighted by molar-refractivity contribution is 5.80. The van der Waals surface area contributed by atoms with E-state index in [0.29, 0.717) is 34.4 Å². The molecule has 0 amide bonds. The minimum Gasteiger partial charge on any atom is -0.497 e. The highest BCUT2D eigenvalue weighted by Crippen LogP contribution is 2.67. The van der Waals surface area contributed by atoms with E-state index in [0.717, 1.165) is 12.3 Å². The molecule has 0 bridgehead atoms. The number of pyridine rings is 1. The van der Waals surface area contributed by atoms with Crippen LogP contribution in [-0.4, -0.2) is 12.1 Å². The van der Waals surface area contributed by atoms with E-state index in [-0.39, 0.29) is 6.42 Å². The van der Waals surface area contributed by atoms with Gasteiger partial charge in [0.1, 0.15) is 5.75 Å². The van der Waals surface area contributed by atoms with Gasteiger partial charge in [0.2, 0.25) is 0 Å². The Balaban J connectivity index is 1.45. The minimum atomic E-state index is -3.11. The molecule has 1 spiro atoms. The van der Waals surface area contributed by atoms with Gasteiger partial charge < -0.3 is 9.72 Å². The molecular weight excluding hydrogens is 348 g/mol.